The van der Waals surface area contributed by atoms with Crippen molar-refractivity contribution in [1.82, 2.24) is 5.32 Å². The Labute approximate surface area is 71.2 Å². The molecule has 3 heteroatoms. The second-order valence-corrected chi connectivity index (χ2v) is 4.94. The van der Waals surface area contributed by atoms with Crippen molar-refractivity contribution in [3.8, 4) is 0 Å². The molecular weight excluding hydrogens is 158 g/mol. The van der Waals surface area contributed by atoms with Gasteiger partial charge < -0.3 is 5.32 Å². The van der Waals surface area contributed by atoms with Crippen LogP contribution < -0.4 is 5.32 Å². The predicted molar refractivity (Wildman–Crippen MR) is 49.2 cm³/mol. The molecule has 2 nitrogen and oxygen atoms in total. The smallest absolute Gasteiger partial charge is 0.0360 e. The Kier molecular flexibility index (Phi) is 3.52. The maximum atomic E-state index is 11.1. The highest BCUT2D eigenvalue weighted by molar-refractivity contribution is 7.84. The lowest BCUT2D eigenvalue weighted by atomic mass is 9.95. The monoisotopic (exact) mass is 175 g/mol. The Morgan fingerprint density at radius 3 is 2.73 bits per heavy atom. The van der Waals surface area contributed by atoms with Crippen LogP contribution in [0.4, 0.5) is 0 Å². The minimum Gasteiger partial charge on any atom is -0.317 e. The summed E-state index contributed by atoms with van der Waals surface area (Å²) in [5, 5.41) is 3.70. The van der Waals surface area contributed by atoms with Gasteiger partial charge in [-0.05, 0) is 26.3 Å². The van der Waals surface area contributed by atoms with E-state index in [0.717, 1.165) is 12.8 Å². The van der Waals surface area contributed by atoms with E-state index < -0.39 is 10.8 Å². The molecule has 0 aromatic rings. The van der Waals surface area contributed by atoms with E-state index in [2.05, 4.69) is 5.32 Å². The van der Waals surface area contributed by atoms with Crippen LogP contribution in [0.15, 0.2) is 0 Å². The van der Waals surface area contributed by atoms with Crippen molar-refractivity contribution in [2.45, 2.75) is 37.0 Å². The van der Waals surface area contributed by atoms with Crippen molar-refractivity contribution >= 4 is 10.8 Å². The first kappa shape index (κ1) is 9.20. The number of hydrogen-bond acceptors (Lipinski definition) is 2. The summed E-state index contributed by atoms with van der Waals surface area (Å²) >= 11 is 0. The highest BCUT2D eigenvalue weighted by Crippen LogP contribution is 2.21. The van der Waals surface area contributed by atoms with Crippen LogP contribution in [0, 0.1) is 0 Å². The van der Waals surface area contributed by atoms with Crippen LogP contribution in [0.5, 0.6) is 0 Å². The molecule has 11 heavy (non-hydrogen) atoms. The molecule has 1 rings (SSSR count). The van der Waals surface area contributed by atoms with Gasteiger partial charge in [-0.3, -0.25) is 4.21 Å². The predicted octanol–water partition coefficient (Wildman–Crippen LogP) is 0.895. The first-order valence-corrected chi connectivity index (χ1v) is 5.85. The molecule has 1 N–H and O–H groups in total. The van der Waals surface area contributed by atoms with Crippen molar-refractivity contribution in [2.75, 3.05) is 13.3 Å². The third-order valence-electron chi connectivity index (χ3n) is 2.50. The summed E-state index contributed by atoms with van der Waals surface area (Å²) in [4.78, 5) is 0. The van der Waals surface area contributed by atoms with Crippen LogP contribution in [0.3, 0.4) is 0 Å². The van der Waals surface area contributed by atoms with Gasteiger partial charge in [0.15, 0.2) is 0 Å². The zero-order valence-electron chi connectivity index (χ0n) is 7.30. The Balaban J connectivity index is 2.39. The topological polar surface area (TPSA) is 29.1 Å². The second kappa shape index (κ2) is 4.21. The molecule has 3 unspecified atom stereocenters. The van der Waals surface area contributed by atoms with Crippen molar-refractivity contribution in [3.63, 3.8) is 0 Å². The van der Waals surface area contributed by atoms with Gasteiger partial charge in [0.25, 0.3) is 0 Å². The van der Waals surface area contributed by atoms with E-state index in [1.54, 1.807) is 0 Å². The van der Waals surface area contributed by atoms with Crippen LogP contribution in [0.25, 0.3) is 0 Å². The van der Waals surface area contributed by atoms with E-state index in [9.17, 15) is 4.21 Å². The summed E-state index contributed by atoms with van der Waals surface area (Å²) in [7, 11) is 1.38. The molecule has 0 heterocycles. The third-order valence-corrected chi connectivity index (χ3v) is 3.87. The standard InChI is InChI=1S/C8H17NOS/c1-9-7-4-3-5-8(6-7)11(2)10/h7-9H,3-6H2,1-2H3. The van der Waals surface area contributed by atoms with E-state index in [0.29, 0.717) is 11.3 Å². The summed E-state index contributed by atoms with van der Waals surface area (Å²) < 4.78 is 11.1. The van der Waals surface area contributed by atoms with Gasteiger partial charge in [0.1, 0.15) is 0 Å². The molecule has 1 saturated carbocycles. The van der Waals surface area contributed by atoms with E-state index >= 15 is 0 Å². The molecule has 0 aromatic carbocycles. The van der Waals surface area contributed by atoms with Crippen LogP contribution in [-0.4, -0.2) is 28.8 Å². The van der Waals surface area contributed by atoms with Crippen LogP contribution in [-0.2, 0) is 10.8 Å². The fraction of sp³-hybridized carbons (Fsp3) is 1.00. The average Bonchev–Trinajstić information content (AvgIpc) is 2.05. The summed E-state index contributed by atoms with van der Waals surface area (Å²) in [6.45, 7) is 0. The van der Waals surface area contributed by atoms with Crippen LogP contribution in [0.1, 0.15) is 25.7 Å². The number of hydrogen-bond donors (Lipinski definition) is 1. The molecular formula is C8H17NOS. The zero-order chi connectivity index (χ0) is 8.27. The Morgan fingerprint density at radius 1 is 1.45 bits per heavy atom. The molecule has 1 fully saturated rings. The van der Waals surface area contributed by atoms with Gasteiger partial charge in [0.2, 0.25) is 0 Å². The summed E-state index contributed by atoms with van der Waals surface area (Å²) in [6, 6.07) is 0.609. The molecule has 0 spiro atoms. The molecule has 0 amide bonds. The van der Waals surface area contributed by atoms with Gasteiger partial charge in [-0.2, -0.15) is 0 Å². The van der Waals surface area contributed by atoms with Crippen LogP contribution >= 0.6 is 0 Å². The maximum Gasteiger partial charge on any atom is 0.0360 e. The first-order chi connectivity index (χ1) is 5.24. The highest BCUT2D eigenvalue weighted by atomic mass is 32.2. The number of rotatable bonds is 2. The quantitative estimate of drug-likeness (QED) is 0.675. The van der Waals surface area contributed by atoms with Gasteiger partial charge >= 0.3 is 0 Å². The van der Waals surface area contributed by atoms with E-state index in [4.69, 9.17) is 0 Å². The van der Waals surface area contributed by atoms with Crippen molar-refractivity contribution < 1.29 is 4.21 Å². The van der Waals surface area contributed by atoms with Gasteiger partial charge in [-0.25, -0.2) is 0 Å². The molecule has 0 aliphatic heterocycles. The van der Waals surface area contributed by atoms with Crippen molar-refractivity contribution in [3.05, 3.63) is 0 Å². The lowest BCUT2D eigenvalue weighted by Gasteiger charge is -2.27. The minimum atomic E-state index is -0.614. The molecule has 3 atom stereocenters. The van der Waals surface area contributed by atoms with Gasteiger partial charge in [0.05, 0.1) is 0 Å². The molecule has 0 saturated heterocycles. The fourth-order valence-electron chi connectivity index (χ4n) is 1.71. The first-order valence-electron chi connectivity index (χ1n) is 4.23. The second-order valence-electron chi connectivity index (χ2n) is 3.27. The molecule has 66 valence electrons. The third kappa shape index (κ3) is 2.56. The summed E-state index contributed by atoms with van der Waals surface area (Å²) in [5.41, 5.74) is 0. The molecule has 0 aromatic heterocycles. The van der Waals surface area contributed by atoms with Gasteiger partial charge in [-0.15, -0.1) is 0 Å². The van der Waals surface area contributed by atoms with Crippen molar-refractivity contribution in [2.24, 2.45) is 0 Å². The molecule has 1 aliphatic carbocycles. The maximum absolute atomic E-state index is 11.1. The summed E-state index contributed by atoms with van der Waals surface area (Å²) in [5.74, 6) is 0. The lowest BCUT2D eigenvalue weighted by Crippen LogP contribution is -2.35. The SMILES string of the molecule is CNC1CCCC(S(C)=O)C1. The zero-order valence-corrected chi connectivity index (χ0v) is 8.12. The minimum absolute atomic E-state index is 0.446. The van der Waals surface area contributed by atoms with Gasteiger partial charge in [-0.1, -0.05) is 6.42 Å². The highest BCUT2D eigenvalue weighted by Gasteiger charge is 2.22. The summed E-state index contributed by atoms with van der Waals surface area (Å²) in [6.07, 6.45) is 6.56. The normalized spacial score (nSPS) is 35.1. The molecule has 1 aliphatic rings. The fourth-order valence-corrected chi connectivity index (χ4v) is 2.71. The lowest BCUT2D eigenvalue weighted by molar-refractivity contribution is 0.398. The average molecular weight is 175 g/mol. The Hall–Kier alpha value is 0.110. The Bertz CT molecular complexity index is 149. The van der Waals surface area contributed by atoms with E-state index in [1.165, 1.54) is 12.8 Å². The van der Waals surface area contributed by atoms with Crippen molar-refractivity contribution in [1.29, 1.82) is 0 Å². The number of nitrogens with one attached hydrogen (secondary N) is 1. The van der Waals surface area contributed by atoms with Crippen LogP contribution in [0.2, 0.25) is 0 Å². The van der Waals surface area contributed by atoms with E-state index in [-0.39, 0.29) is 0 Å². The van der Waals surface area contributed by atoms with Gasteiger partial charge in [0, 0.05) is 28.3 Å². The van der Waals surface area contributed by atoms with E-state index in [1.807, 2.05) is 13.3 Å². The largest absolute Gasteiger partial charge is 0.317 e. The Morgan fingerprint density at radius 2 is 2.18 bits per heavy atom. The molecule has 0 bridgehead atoms. The molecule has 0 radical (unpaired) electrons.